The Kier molecular flexibility index (Phi) is 4.71. The molecule has 0 aliphatic carbocycles. The van der Waals surface area contributed by atoms with Gasteiger partial charge in [-0.05, 0) is 19.1 Å². The second kappa shape index (κ2) is 6.52. The first-order valence-electron chi connectivity index (χ1n) is 7.78. The lowest BCUT2D eigenvalue weighted by Crippen LogP contribution is -2.50. The standard InChI is InChI=1S/C15H20N4O4S2/c1-13-15(12-17(2)16-13)25(22,23)19-10-8-18(9-11-19)24(20,21)14-6-4-3-5-7-14/h3-7,12H,8-11H2,1-2H3. The van der Waals surface area contributed by atoms with Crippen LogP contribution in [0.25, 0.3) is 0 Å². The van der Waals surface area contributed by atoms with Crippen LogP contribution in [0.4, 0.5) is 0 Å². The SMILES string of the molecule is Cc1nn(C)cc1S(=O)(=O)N1CCN(S(=O)(=O)c2ccccc2)CC1. The quantitative estimate of drug-likeness (QED) is 0.762. The Morgan fingerprint density at radius 1 is 0.880 bits per heavy atom. The molecule has 0 radical (unpaired) electrons. The van der Waals surface area contributed by atoms with E-state index in [1.54, 1.807) is 32.2 Å². The number of piperazine rings is 1. The predicted octanol–water partition coefficient (Wildman–Crippen LogP) is 0.424. The lowest BCUT2D eigenvalue weighted by atomic mass is 10.4. The van der Waals surface area contributed by atoms with Crippen molar-refractivity contribution in [3.05, 3.63) is 42.2 Å². The highest BCUT2D eigenvalue weighted by Crippen LogP contribution is 2.22. The Morgan fingerprint density at radius 3 is 1.88 bits per heavy atom. The van der Waals surface area contributed by atoms with E-state index in [4.69, 9.17) is 0 Å². The van der Waals surface area contributed by atoms with Crippen molar-refractivity contribution >= 4 is 20.0 Å². The molecule has 0 amide bonds. The molecule has 2 aromatic rings. The normalized spacial score (nSPS) is 17.7. The van der Waals surface area contributed by atoms with Crippen LogP contribution in [0.5, 0.6) is 0 Å². The molecule has 136 valence electrons. The van der Waals surface area contributed by atoms with Gasteiger partial charge in [0.05, 0.1) is 10.6 Å². The molecule has 2 heterocycles. The van der Waals surface area contributed by atoms with Crippen molar-refractivity contribution in [2.24, 2.45) is 7.05 Å². The molecule has 0 unspecified atom stereocenters. The van der Waals surface area contributed by atoms with E-state index >= 15 is 0 Å². The minimum absolute atomic E-state index is 0.114. The Labute approximate surface area is 147 Å². The number of benzene rings is 1. The van der Waals surface area contributed by atoms with Gasteiger partial charge in [-0.25, -0.2) is 16.8 Å². The minimum Gasteiger partial charge on any atom is -0.274 e. The van der Waals surface area contributed by atoms with Crippen molar-refractivity contribution in [2.45, 2.75) is 16.7 Å². The molecule has 1 aromatic heterocycles. The summed E-state index contributed by atoms with van der Waals surface area (Å²) < 4.78 is 54.8. The fraction of sp³-hybridized carbons (Fsp3) is 0.400. The lowest BCUT2D eigenvalue weighted by Gasteiger charge is -2.33. The number of aromatic nitrogens is 2. The zero-order chi connectivity index (χ0) is 18.2. The van der Waals surface area contributed by atoms with Gasteiger partial charge in [0.2, 0.25) is 20.0 Å². The summed E-state index contributed by atoms with van der Waals surface area (Å²) in [5, 5.41) is 4.07. The van der Waals surface area contributed by atoms with Crippen molar-refractivity contribution in [3.63, 3.8) is 0 Å². The summed E-state index contributed by atoms with van der Waals surface area (Å²) in [4.78, 5) is 0.378. The summed E-state index contributed by atoms with van der Waals surface area (Å²) in [7, 11) is -5.62. The number of aryl methyl sites for hydroxylation is 2. The highest BCUT2D eigenvalue weighted by atomic mass is 32.2. The van der Waals surface area contributed by atoms with Gasteiger partial charge in [0.25, 0.3) is 0 Å². The summed E-state index contributed by atoms with van der Waals surface area (Å²) >= 11 is 0. The Balaban J connectivity index is 1.77. The summed E-state index contributed by atoms with van der Waals surface area (Å²) in [6.45, 7) is 2.11. The molecule has 1 aliphatic heterocycles. The van der Waals surface area contributed by atoms with Gasteiger partial charge in [-0.3, -0.25) is 4.68 Å². The van der Waals surface area contributed by atoms with Crippen molar-refractivity contribution in [1.29, 1.82) is 0 Å². The first kappa shape index (κ1) is 18.1. The van der Waals surface area contributed by atoms with Crippen LogP contribution in [0, 0.1) is 6.92 Å². The van der Waals surface area contributed by atoms with Gasteiger partial charge < -0.3 is 0 Å². The van der Waals surface area contributed by atoms with Crippen LogP contribution in [-0.2, 0) is 27.1 Å². The first-order chi connectivity index (χ1) is 11.7. The maximum absolute atomic E-state index is 12.8. The molecule has 1 fully saturated rings. The van der Waals surface area contributed by atoms with Crippen molar-refractivity contribution in [3.8, 4) is 0 Å². The molecule has 1 saturated heterocycles. The van der Waals surface area contributed by atoms with Gasteiger partial charge in [0.15, 0.2) is 0 Å². The molecule has 0 spiro atoms. The van der Waals surface area contributed by atoms with Gasteiger partial charge >= 0.3 is 0 Å². The molecule has 8 nitrogen and oxygen atoms in total. The molecule has 10 heteroatoms. The monoisotopic (exact) mass is 384 g/mol. The Bertz CT molecular complexity index is 960. The smallest absolute Gasteiger partial charge is 0.246 e. The second-order valence-electron chi connectivity index (χ2n) is 5.87. The summed E-state index contributed by atoms with van der Waals surface area (Å²) in [5.74, 6) is 0. The van der Waals surface area contributed by atoms with Gasteiger partial charge in [0, 0.05) is 39.4 Å². The highest BCUT2D eigenvalue weighted by molar-refractivity contribution is 7.89. The molecule has 1 aliphatic rings. The third kappa shape index (κ3) is 3.34. The van der Waals surface area contributed by atoms with E-state index in [1.807, 2.05) is 0 Å². The van der Waals surface area contributed by atoms with E-state index < -0.39 is 20.0 Å². The average Bonchev–Trinajstić information content (AvgIpc) is 2.95. The summed E-state index contributed by atoms with van der Waals surface area (Å²) in [6, 6.07) is 8.16. The van der Waals surface area contributed by atoms with Crippen LogP contribution >= 0.6 is 0 Å². The molecule has 1 aromatic carbocycles. The van der Waals surface area contributed by atoms with Gasteiger partial charge in [-0.2, -0.15) is 13.7 Å². The van der Waals surface area contributed by atoms with Crippen LogP contribution in [0.15, 0.2) is 46.3 Å². The number of hydrogen-bond donors (Lipinski definition) is 0. The number of rotatable bonds is 4. The molecule has 0 atom stereocenters. The Hall–Kier alpha value is -1.75. The highest BCUT2D eigenvalue weighted by Gasteiger charge is 2.34. The molecule has 0 saturated carbocycles. The van der Waals surface area contributed by atoms with Gasteiger partial charge in [-0.15, -0.1) is 0 Å². The molecule has 0 N–H and O–H groups in total. The van der Waals surface area contributed by atoms with E-state index in [2.05, 4.69) is 5.10 Å². The third-order valence-corrected chi connectivity index (χ3v) is 8.08. The maximum atomic E-state index is 12.8. The lowest BCUT2D eigenvalue weighted by molar-refractivity contribution is 0.272. The molecular weight excluding hydrogens is 364 g/mol. The number of sulfonamides is 2. The zero-order valence-corrected chi connectivity index (χ0v) is 15.7. The van der Waals surface area contributed by atoms with Crippen molar-refractivity contribution in [2.75, 3.05) is 26.2 Å². The van der Waals surface area contributed by atoms with Crippen molar-refractivity contribution < 1.29 is 16.8 Å². The molecule has 3 rings (SSSR count). The van der Waals surface area contributed by atoms with Crippen LogP contribution in [0.1, 0.15) is 5.69 Å². The third-order valence-electron chi connectivity index (χ3n) is 4.16. The molecule has 0 bridgehead atoms. The summed E-state index contributed by atoms with van der Waals surface area (Å²) in [6.07, 6.45) is 1.47. The van der Waals surface area contributed by atoms with E-state index in [0.717, 1.165) is 0 Å². The second-order valence-corrected chi connectivity index (χ2v) is 9.72. The van der Waals surface area contributed by atoms with E-state index in [1.165, 1.54) is 31.6 Å². The molecular formula is C15H20N4O4S2. The van der Waals surface area contributed by atoms with E-state index in [0.29, 0.717) is 5.69 Å². The van der Waals surface area contributed by atoms with Gasteiger partial charge in [-0.1, -0.05) is 18.2 Å². The van der Waals surface area contributed by atoms with Crippen molar-refractivity contribution in [1.82, 2.24) is 18.4 Å². The average molecular weight is 384 g/mol. The zero-order valence-electron chi connectivity index (χ0n) is 14.0. The number of hydrogen-bond acceptors (Lipinski definition) is 5. The predicted molar refractivity (Wildman–Crippen MR) is 91.9 cm³/mol. The first-order valence-corrected chi connectivity index (χ1v) is 10.7. The van der Waals surface area contributed by atoms with Crippen LogP contribution in [0.2, 0.25) is 0 Å². The Morgan fingerprint density at radius 2 is 1.40 bits per heavy atom. The minimum atomic E-state index is -3.68. The summed E-state index contributed by atoms with van der Waals surface area (Å²) in [5.41, 5.74) is 0.432. The largest absolute Gasteiger partial charge is 0.274 e. The van der Waals surface area contributed by atoms with E-state index in [9.17, 15) is 16.8 Å². The van der Waals surface area contributed by atoms with Crippen LogP contribution < -0.4 is 0 Å². The fourth-order valence-corrected chi connectivity index (χ4v) is 5.93. The van der Waals surface area contributed by atoms with Crippen LogP contribution in [-0.4, -0.2) is 61.4 Å². The van der Waals surface area contributed by atoms with E-state index in [-0.39, 0.29) is 36.0 Å². The molecule has 25 heavy (non-hydrogen) atoms. The van der Waals surface area contributed by atoms with Crippen LogP contribution in [0.3, 0.4) is 0 Å². The van der Waals surface area contributed by atoms with Gasteiger partial charge in [0.1, 0.15) is 4.90 Å². The number of nitrogens with zero attached hydrogens (tertiary/aromatic N) is 4. The maximum Gasteiger partial charge on any atom is 0.246 e. The fourth-order valence-electron chi connectivity index (χ4n) is 2.86. The topological polar surface area (TPSA) is 92.6 Å².